The van der Waals surface area contributed by atoms with Crippen LogP contribution in [0.3, 0.4) is 0 Å². The molecule has 3 rings (SSSR count). The van der Waals surface area contributed by atoms with Crippen LogP contribution in [0, 0.1) is 5.92 Å². The fourth-order valence-corrected chi connectivity index (χ4v) is 5.15. The lowest BCUT2D eigenvalue weighted by molar-refractivity contribution is 0.0607. The van der Waals surface area contributed by atoms with E-state index in [2.05, 4.69) is 42.6 Å². The van der Waals surface area contributed by atoms with Gasteiger partial charge in [-0.25, -0.2) is 4.98 Å². The van der Waals surface area contributed by atoms with Gasteiger partial charge in [-0.3, -0.25) is 4.79 Å². The molecule has 0 aromatic carbocycles. The first-order valence-electron chi connectivity index (χ1n) is 10.6. The van der Waals surface area contributed by atoms with Crippen LogP contribution in [0.2, 0.25) is 0 Å². The van der Waals surface area contributed by atoms with E-state index in [-0.39, 0.29) is 5.91 Å². The van der Waals surface area contributed by atoms with E-state index in [4.69, 9.17) is 0 Å². The van der Waals surface area contributed by atoms with Crippen molar-refractivity contribution in [1.82, 2.24) is 19.7 Å². The summed E-state index contributed by atoms with van der Waals surface area (Å²) >= 11 is 1.61. The maximum atomic E-state index is 12.9. The second kappa shape index (κ2) is 9.48. The van der Waals surface area contributed by atoms with Crippen molar-refractivity contribution in [2.45, 2.75) is 58.4 Å². The van der Waals surface area contributed by atoms with Crippen molar-refractivity contribution in [2.24, 2.45) is 5.92 Å². The summed E-state index contributed by atoms with van der Waals surface area (Å²) in [7, 11) is 2.23. The van der Waals surface area contributed by atoms with Crippen molar-refractivity contribution in [3.63, 3.8) is 0 Å². The van der Waals surface area contributed by atoms with Gasteiger partial charge in [-0.15, -0.1) is 11.3 Å². The standard InChI is InChI=1S/C21H36N4OS/c1-5-24(21(26)19-15-27-20(22-19)16(2)3)14-17-6-12-25(13-7-17)18-8-10-23(4)11-9-18/h15-18H,5-14H2,1-4H3. The number of hydrogen-bond acceptors (Lipinski definition) is 5. The zero-order chi connectivity index (χ0) is 19.4. The van der Waals surface area contributed by atoms with Crippen molar-refractivity contribution in [1.29, 1.82) is 0 Å². The fourth-order valence-electron chi connectivity index (χ4n) is 4.34. The normalized spacial score (nSPS) is 21.1. The van der Waals surface area contributed by atoms with Gasteiger partial charge in [-0.1, -0.05) is 13.8 Å². The third-order valence-corrected chi connectivity index (χ3v) is 7.38. The molecule has 3 heterocycles. The van der Waals surface area contributed by atoms with Gasteiger partial charge in [0.15, 0.2) is 0 Å². The van der Waals surface area contributed by atoms with Gasteiger partial charge < -0.3 is 14.7 Å². The Labute approximate surface area is 168 Å². The molecule has 5 nitrogen and oxygen atoms in total. The minimum absolute atomic E-state index is 0.110. The van der Waals surface area contributed by atoms with Gasteiger partial charge >= 0.3 is 0 Å². The van der Waals surface area contributed by atoms with Crippen LogP contribution in [0.5, 0.6) is 0 Å². The molecule has 0 radical (unpaired) electrons. The SMILES string of the molecule is CCN(CC1CCN(C2CCN(C)CC2)CC1)C(=O)c1csc(C(C)C)n1. The number of piperidine rings is 2. The van der Waals surface area contributed by atoms with E-state index in [0.717, 1.165) is 24.1 Å². The summed E-state index contributed by atoms with van der Waals surface area (Å²) in [6.45, 7) is 12.8. The van der Waals surface area contributed by atoms with Crippen LogP contribution in [0.25, 0.3) is 0 Å². The van der Waals surface area contributed by atoms with Crippen molar-refractivity contribution in [2.75, 3.05) is 46.3 Å². The lowest BCUT2D eigenvalue weighted by Crippen LogP contribution is -2.48. The van der Waals surface area contributed by atoms with E-state index < -0.39 is 0 Å². The molecule has 0 bridgehead atoms. The zero-order valence-corrected chi connectivity index (χ0v) is 18.3. The van der Waals surface area contributed by atoms with Gasteiger partial charge in [0.05, 0.1) is 5.01 Å². The predicted molar refractivity (Wildman–Crippen MR) is 113 cm³/mol. The first-order chi connectivity index (χ1) is 13.0. The van der Waals surface area contributed by atoms with Gasteiger partial charge in [0.1, 0.15) is 5.69 Å². The number of carbonyl (C=O) groups is 1. The molecule has 0 spiro atoms. The van der Waals surface area contributed by atoms with Crippen molar-refractivity contribution in [3.8, 4) is 0 Å². The molecule has 0 N–H and O–H groups in total. The van der Waals surface area contributed by atoms with Crippen LogP contribution in [-0.4, -0.2) is 77.9 Å². The molecule has 1 amide bonds. The van der Waals surface area contributed by atoms with E-state index in [1.54, 1.807) is 11.3 Å². The molecule has 0 atom stereocenters. The first-order valence-corrected chi connectivity index (χ1v) is 11.5. The molecule has 1 aromatic rings. The van der Waals surface area contributed by atoms with E-state index in [1.807, 2.05) is 10.3 Å². The summed E-state index contributed by atoms with van der Waals surface area (Å²) in [5, 5.41) is 2.99. The number of carbonyl (C=O) groups excluding carboxylic acids is 1. The van der Waals surface area contributed by atoms with E-state index in [9.17, 15) is 4.79 Å². The average Bonchev–Trinajstić information content (AvgIpc) is 3.17. The molecular formula is C21H36N4OS. The Bertz CT molecular complexity index is 601. The summed E-state index contributed by atoms with van der Waals surface area (Å²) in [4.78, 5) is 24.6. The van der Waals surface area contributed by atoms with Crippen molar-refractivity contribution >= 4 is 17.2 Å². The van der Waals surface area contributed by atoms with E-state index >= 15 is 0 Å². The number of thiazole rings is 1. The highest BCUT2D eigenvalue weighted by atomic mass is 32.1. The van der Waals surface area contributed by atoms with Crippen LogP contribution in [0.4, 0.5) is 0 Å². The highest BCUT2D eigenvalue weighted by Crippen LogP contribution is 2.25. The largest absolute Gasteiger partial charge is 0.337 e. The average molecular weight is 393 g/mol. The predicted octanol–water partition coefficient (Wildman–Crippen LogP) is 3.53. The Morgan fingerprint density at radius 1 is 1.22 bits per heavy atom. The molecule has 6 heteroatoms. The Kier molecular flexibility index (Phi) is 7.29. The third kappa shape index (κ3) is 5.30. The Morgan fingerprint density at radius 2 is 1.89 bits per heavy atom. The van der Waals surface area contributed by atoms with Crippen molar-refractivity contribution in [3.05, 3.63) is 16.1 Å². The number of likely N-dealkylation sites (tertiary alicyclic amines) is 2. The molecular weight excluding hydrogens is 356 g/mol. The number of hydrogen-bond donors (Lipinski definition) is 0. The zero-order valence-electron chi connectivity index (χ0n) is 17.5. The topological polar surface area (TPSA) is 39.7 Å². The van der Waals surface area contributed by atoms with Gasteiger partial charge in [0.2, 0.25) is 0 Å². The highest BCUT2D eigenvalue weighted by Gasteiger charge is 2.29. The van der Waals surface area contributed by atoms with E-state index in [1.165, 1.54) is 51.9 Å². The van der Waals surface area contributed by atoms with Gasteiger partial charge in [0, 0.05) is 30.4 Å². The summed E-state index contributed by atoms with van der Waals surface area (Å²) in [5.41, 5.74) is 0.634. The first kappa shape index (κ1) is 20.7. The molecule has 0 saturated carbocycles. The summed E-state index contributed by atoms with van der Waals surface area (Å²) in [5.74, 6) is 1.12. The molecule has 27 heavy (non-hydrogen) atoms. The number of nitrogens with zero attached hydrogens (tertiary/aromatic N) is 4. The molecule has 0 unspecified atom stereocenters. The molecule has 2 aliphatic rings. The highest BCUT2D eigenvalue weighted by molar-refractivity contribution is 7.09. The van der Waals surface area contributed by atoms with Crippen LogP contribution in [0.15, 0.2) is 5.38 Å². The maximum absolute atomic E-state index is 12.9. The van der Waals surface area contributed by atoms with Crippen LogP contribution in [-0.2, 0) is 0 Å². The number of rotatable bonds is 6. The molecule has 0 aliphatic carbocycles. The molecule has 152 valence electrons. The van der Waals surface area contributed by atoms with Crippen LogP contribution in [0.1, 0.15) is 67.9 Å². The molecule has 1 aromatic heterocycles. The smallest absolute Gasteiger partial charge is 0.273 e. The quantitative estimate of drug-likeness (QED) is 0.742. The summed E-state index contributed by atoms with van der Waals surface area (Å²) in [6, 6.07) is 0.774. The Hall–Kier alpha value is -0.980. The summed E-state index contributed by atoms with van der Waals surface area (Å²) < 4.78 is 0. The van der Waals surface area contributed by atoms with E-state index in [0.29, 0.717) is 17.5 Å². The van der Waals surface area contributed by atoms with Crippen LogP contribution >= 0.6 is 11.3 Å². The monoisotopic (exact) mass is 392 g/mol. The van der Waals surface area contributed by atoms with Crippen LogP contribution < -0.4 is 0 Å². The Morgan fingerprint density at radius 3 is 2.44 bits per heavy atom. The minimum atomic E-state index is 0.110. The second-order valence-electron chi connectivity index (χ2n) is 8.58. The molecule has 2 aliphatic heterocycles. The third-order valence-electron chi connectivity index (χ3n) is 6.24. The second-order valence-corrected chi connectivity index (χ2v) is 9.47. The molecule has 2 fully saturated rings. The lowest BCUT2D eigenvalue weighted by Gasteiger charge is -2.41. The van der Waals surface area contributed by atoms with Gasteiger partial charge in [-0.2, -0.15) is 0 Å². The lowest BCUT2D eigenvalue weighted by atomic mass is 9.93. The van der Waals surface area contributed by atoms with Gasteiger partial charge in [-0.05, 0) is 71.8 Å². The Balaban J connectivity index is 1.49. The number of amides is 1. The van der Waals surface area contributed by atoms with Gasteiger partial charge in [0.25, 0.3) is 5.91 Å². The minimum Gasteiger partial charge on any atom is -0.337 e. The number of aromatic nitrogens is 1. The maximum Gasteiger partial charge on any atom is 0.273 e. The fraction of sp³-hybridized carbons (Fsp3) is 0.810. The summed E-state index contributed by atoms with van der Waals surface area (Å²) in [6.07, 6.45) is 5.04. The van der Waals surface area contributed by atoms with Crippen molar-refractivity contribution < 1.29 is 4.79 Å². The molecule has 2 saturated heterocycles.